The van der Waals surface area contributed by atoms with Gasteiger partial charge in [-0.1, -0.05) is 0 Å². The van der Waals surface area contributed by atoms with E-state index in [9.17, 15) is 0 Å². The maximum atomic E-state index is 2.52. The monoisotopic (exact) mass is 386 g/mol. The van der Waals surface area contributed by atoms with Crippen molar-refractivity contribution < 1.29 is 57.7 Å². The topological polar surface area (TPSA) is 0 Å². The molecule has 20 heavy (non-hydrogen) atoms. The molecule has 2 rings (SSSR count). The molecule has 2 aliphatic carbocycles. The largest absolute Gasteiger partial charge is 1.00 e. The standard InChI is InChI=1S/C15H25Si.3ClH.Ti/c1-11-9-12-7-5-6-8-13(12)14(11)10-16-15(2,3)4;;;;/h9H,5-8,10,16H2,1-4H3;3*1H;/q;;;;+3/p-3. The third-order valence-electron chi connectivity index (χ3n) is 4.34. The summed E-state index contributed by atoms with van der Waals surface area (Å²) in [6, 6.07) is 1.47. The van der Waals surface area contributed by atoms with Crippen LogP contribution in [0.3, 0.4) is 0 Å². The van der Waals surface area contributed by atoms with Crippen molar-refractivity contribution in [3.8, 4) is 0 Å². The van der Waals surface area contributed by atoms with Gasteiger partial charge in [0, 0.05) is 0 Å². The van der Waals surface area contributed by atoms with Crippen LogP contribution in [0.25, 0.3) is 0 Å². The van der Waals surface area contributed by atoms with Crippen molar-refractivity contribution in [2.24, 2.45) is 0 Å². The van der Waals surface area contributed by atoms with Crippen LogP contribution in [0.2, 0.25) is 14.8 Å². The van der Waals surface area contributed by atoms with Crippen molar-refractivity contribution in [3.63, 3.8) is 0 Å². The Labute approximate surface area is 157 Å². The molecule has 2 aliphatic rings. The van der Waals surface area contributed by atoms with Crippen LogP contribution in [0.15, 0.2) is 22.8 Å². The van der Waals surface area contributed by atoms with E-state index in [1.807, 2.05) is 5.57 Å². The van der Waals surface area contributed by atoms with Crippen LogP contribution in [0, 0.1) is 0 Å². The average molecular weight is 388 g/mol. The van der Waals surface area contributed by atoms with Crippen LogP contribution in [0.4, 0.5) is 0 Å². The maximum absolute atomic E-state index is 2.52. The minimum absolute atomic E-state index is 0. The van der Waals surface area contributed by atoms with E-state index < -0.39 is 0 Å². The SMILES string of the molecule is CC1=CC2=C(CCCC2)[C]1([Ti+3])C[SiH2]C(C)(C)C.[Cl-].[Cl-].[Cl-]. The Bertz CT molecular complexity index is 385. The molecule has 0 aromatic rings. The molecule has 0 bridgehead atoms. The zero-order valence-corrected chi connectivity index (χ0v) is 18.2. The summed E-state index contributed by atoms with van der Waals surface area (Å²) in [4.78, 5) is 0. The molecule has 0 aromatic carbocycles. The van der Waals surface area contributed by atoms with Gasteiger partial charge in [-0.25, -0.2) is 0 Å². The molecular weight excluding hydrogens is 362 g/mol. The van der Waals surface area contributed by atoms with E-state index in [0.29, 0.717) is 8.76 Å². The predicted molar refractivity (Wildman–Crippen MR) is 75.0 cm³/mol. The molecule has 1 unspecified atom stereocenters. The molecule has 0 aliphatic heterocycles. The van der Waals surface area contributed by atoms with Gasteiger partial charge in [0.1, 0.15) is 0 Å². The van der Waals surface area contributed by atoms with Crippen molar-refractivity contribution in [1.29, 1.82) is 0 Å². The summed E-state index contributed by atoms with van der Waals surface area (Å²) in [6.45, 7) is 9.64. The van der Waals surface area contributed by atoms with Gasteiger partial charge in [-0.3, -0.25) is 0 Å². The minimum Gasteiger partial charge on any atom is -1.00 e. The molecule has 0 nitrogen and oxygen atoms in total. The molecular formula is C15H25Cl3SiTi. The Morgan fingerprint density at radius 1 is 1.15 bits per heavy atom. The third kappa shape index (κ3) is 5.18. The second-order valence-electron chi connectivity index (χ2n) is 7.00. The molecule has 1 atom stereocenters. The summed E-state index contributed by atoms with van der Waals surface area (Å²) in [5.74, 6) is 0. The number of rotatable bonds is 2. The van der Waals surface area contributed by atoms with Crippen LogP contribution < -0.4 is 37.2 Å². The molecule has 0 radical (unpaired) electrons. The summed E-state index contributed by atoms with van der Waals surface area (Å²) in [6.07, 6.45) is 8.07. The smallest absolute Gasteiger partial charge is 1.00 e. The van der Waals surface area contributed by atoms with Gasteiger partial charge in [0.05, 0.1) is 0 Å². The van der Waals surface area contributed by atoms with Gasteiger partial charge in [-0.2, -0.15) is 0 Å². The molecule has 0 saturated heterocycles. The molecule has 0 amide bonds. The number of hydrogen-bond donors (Lipinski definition) is 0. The summed E-state index contributed by atoms with van der Waals surface area (Å²) in [5.41, 5.74) is 5.18. The van der Waals surface area contributed by atoms with E-state index in [1.54, 1.807) is 11.1 Å². The first kappa shape index (κ1) is 23.5. The van der Waals surface area contributed by atoms with Gasteiger partial charge < -0.3 is 37.2 Å². The first-order valence-corrected chi connectivity index (χ1v) is 9.48. The number of halogens is 3. The fraction of sp³-hybridized carbons (Fsp3) is 0.733. The van der Waals surface area contributed by atoms with Crippen LogP contribution in [-0.4, -0.2) is 9.52 Å². The fourth-order valence-electron chi connectivity index (χ4n) is 3.11. The second-order valence-corrected chi connectivity index (χ2v) is 11.5. The fourth-order valence-corrected chi connectivity index (χ4v) is 6.07. The van der Waals surface area contributed by atoms with Crippen LogP contribution in [0.1, 0.15) is 53.4 Å². The van der Waals surface area contributed by atoms with E-state index in [2.05, 4.69) is 54.2 Å². The Balaban J connectivity index is 0. The van der Waals surface area contributed by atoms with Crippen molar-refractivity contribution >= 4 is 9.52 Å². The average Bonchev–Trinajstić information content (AvgIpc) is 2.49. The third-order valence-corrected chi connectivity index (χ3v) is 9.10. The van der Waals surface area contributed by atoms with Crippen molar-refractivity contribution in [3.05, 3.63) is 22.8 Å². The summed E-state index contributed by atoms with van der Waals surface area (Å²) in [7, 11) is 0.00936. The Morgan fingerprint density at radius 3 is 2.25 bits per heavy atom. The molecule has 0 aromatic heterocycles. The van der Waals surface area contributed by atoms with Gasteiger partial charge in [-0.05, 0) is 0 Å². The first-order valence-electron chi connectivity index (χ1n) is 6.99. The van der Waals surface area contributed by atoms with Crippen molar-refractivity contribution in [2.45, 2.75) is 68.2 Å². The first-order chi connectivity index (χ1) is 7.83. The van der Waals surface area contributed by atoms with E-state index in [4.69, 9.17) is 0 Å². The van der Waals surface area contributed by atoms with Gasteiger partial charge in [-0.15, -0.1) is 0 Å². The molecule has 0 spiro atoms. The summed E-state index contributed by atoms with van der Waals surface area (Å²) in [5, 5.41) is 0.598. The maximum Gasteiger partial charge on any atom is -1.00 e. The van der Waals surface area contributed by atoms with E-state index >= 15 is 0 Å². The van der Waals surface area contributed by atoms with Gasteiger partial charge in [0.15, 0.2) is 0 Å². The predicted octanol–water partition coefficient (Wildman–Crippen LogP) is -4.66. The van der Waals surface area contributed by atoms with Gasteiger partial charge in [0.2, 0.25) is 0 Å². The zero-order chi connectivity index (χ0) is 12.7. The Morgan fingerprint density at radius 2 is 1.70 bits per heavy atom. The quantitative estimate of drug-likeness (QED) is 0.418. The van der Waals surface area contributed by atoms with Crippen molar-refractivity contribution in [2.75, 3.05) is 0 Å². The molecule has 114 valence electrons. The summed E-state index contributed by atoms with van der Waals surface area (Å²) < 4.78 is 0.454. The minimum atomic E-state index is 0. The Hall–Kier alpha value is 1.28. The van der Waals surface area contributed by atoms with Crippen LogP contribution in [0.5, 0.6) is 0 Å². The number of allylic oxidation sites excluding steroid dienone is 4. The van der Waals surface area contributed by atoms with E-state index in [0.717, 1.165) is 0 Å². The molecule has 0 N–H and O–H groups in total. The van der Waals surface area contributed by atoms with Crippen molar-refractivity contribution in [1.82, 2.24) is 0 Å². The second kappa shape index (κ2) is 8.79. The van der Waals surface area contributed by atoms with Gasteiger partial charge in [0.25, 0.3) is 0 Å². The summed E-state index contributed by atoms with van der Waals surface area (Å²) >= 11 is 2.52. The molecule has 0 saturated carbocycles. The zero-order valence-electron chi connectivity index (χ0n) is 13.0. The van der Waals surface area contributed by atoms with E-state index in [-0.39, 0.29) is 46.7 Å². The molecule has 5 heteroatoms. The molecule has 0 heterocycles. The normalized spacial score (nSPS) is 25.6. The molecule has 0 fully saturated rings. The van der Waals surface area contributed by atoms with E-state index in [1.165, 1.54) is 31.7 Å². The Kier molecular flexibility index (Phi) is 10.4. The van der Waals surface area contributed by atoms with Gasteiger partial charge >= 0.3 is 121 Å². The number of hydrogen-bond acceptors (Lipinski definition) is 0. The van der Waals surface area contributed by atoms with Crippen LogP contribution in [-0.2, 0) is 20.4 Å². The van der Waals surface area contributed by atoms with Crippen LogP contribution >= 0.6 is 0 Å².